The van der Waals surface area contributed by atoms with Crippen LogP contribution in [0.4, 0.5) is 0 Å². The van der Waals surface area contributed by atoms with E-state index in [0.29, 0.717) is 11.7 Å². The molecule has 3 aromatic carbocycles. The Morgan fingerprint density at radius 1 is 1.07 bits per heavy atom. The average molecular weight is 480 g/mol. The second-order valence-electron chi connectivity index (χ2n) is 7.14. The lowest BCUT2D eigenvalue weighted by Gasteiger charge is -2.17. The van der Waals surface area contributed by atoms with E-state index < -0.39 is 0 Å². The van der Waals surface area contributed by atoms with Gasteiger partial charge in [-0.25, -0.2) is 0 Å². The molecule has 0 bridgehead atoms. The Morgan fingerprint density at radius 3 is 2.63 bits per heavy atom. The summed E-state index contributed by atoms with van der Waals surface area (Å²) in [6.07, 6.45) is 3.51. The molecule has 0 N–H and O–H groups in total. The molecule has 0 saturated carbocycles. The molecular weight excluding hydrogens is 458 g/mol. The molecule has 3 aromatic rings. The second-order valence-corrected chi connectivity index (χ2v) is 9.22. The molecule has 4 rings (SSSR count). The molecule has 0 spiro atoms. The van der Waals surface area contributed by atoms with Crippen LogP contribution < -0.4 is 0 Å². The summed E-state index contributed by atoms with van der Waals surface area (Å²) >= 11 is 4.95. The smallest absolute Gasteiger partial charge is 0.242 e. The fraction of sp³-hybridized carbons (Fsp3) is 0.208. The van der Waals surface area contributed by atoms with Crippen molar-refractivity contribution in [3.8, 4) is 0 Å². The number of carbonyl (C=O) groups excluding carboxylic acids is 1. The van der Waals surface area contributed by atoms with Gasteiger partial charge in [0.25, 0.3) is 0 Å². The normalized spacial score (nSPS) is 18.2. The molecule has 1 saturated heterocycles. The zero-order chi connectivity index (χ0) is 20.9. The van der Waals surface area contributed by atoms with Crippen molar-refractivity contribution in [2.45, 2.75) is 31.6 Å². The van der Waals surface area contributed by atoms with Gasteiger partial charge in [-0.3, -0.25) is 9.69 Å². The predicted octanol–water partition coefficient (Wildman–Crippen LogP) is 6.24. The number of halogens is 1. The molecule has 0 radical (unpaired) electrons. The van der Waals surface area contributed by atoms with Crippen molar-refractivity contribution in [3.63, 3.8) is 0 Å². The molecular formula is C24H22BrN3OS. The van der Waals surface area contributed by atoms with Gasteiger partial charge in [-0.05, 0) is 40.5 Å². The van der Waals surface area contributed by atoms with E-state index in [1.165, 1.54) is 17.1 Å². The molecule has 1 amide bonds. The van der Waals surface area contributed by atoms with E-state index in [2.05, 4.69) is 57.3 Å². The lowest BCUT2D eigenvalue weighted by Crippen LogP contribution is -2.31. The van der Waals surface area contributed by atoms with E-state index in [-0.39, 0.29) is 11.2 Å². The number of nitrogens with zero attached hydrogens (tertiary/aromatic N) is 3. The predicted molar refractivity (Wildman–Crippen MR) is 130 cm³/mol. The van der Waals surface area contributed by atoms with E-state index in [1.807, 2.05) is 42.5 Å². The molecule has 0 aromatic heterocycles. The Morgan fingerprint density at radius 2 is 1.83 bits per heavy atom. The van der Waals surface area contributed by atoms with Gasteiger partial charge in [-0.15, -0.1) is 5.10 Å². The standard InChI is InChI=1S/C24H22BrN3OS/c1-2-6-22-23(29)28(16-19-9-5-8-18-7-3-4-10-21(18)19)24(30-22)27-26-15-17-11-13-20(25)14-12-17/h3-5,7-15,22H,2,6,16H2,1H3/b26-15+,27-24+. The number of benzene rings is 3. The summed E-state index contributed by atoms with van der Waals surface area (Å²) in [5.74, 6) is 0.118. The fourth-order valence-electron chi connectivity index (χ4n) is 3.47. The third-order valence-corrected chi connectivity index (χ3v) is 6.76. The van der Waals surface area contributed by atoms with E-state index >= 15 is 0 Å². The van der Waals surface area contributed by atoms with Crippen LogP contribution in [0.3, 0.4) is 0 Å². The highest BCUT2D eigenvalue weighted by molar-refractivity contribution is 9.10. The Bertz CT molecular complexity index is 1110. The van der Waals surface area contributed by atoms with E-state index in [0.717, 1.165) is 33.8 Å². The lowest BCUT2D eigenvalue weighted by molar-refractivity contribution is -0.126. The van der Waals surface area contributed by atoms with Gasteiger partial charge in [-0.1, -0.05) is 95.6 Å². The number of hydrogen-bond donors (Lipinski definition) is 0. The Kier molecular flexibility index (Phi) is 6.65. The van der Waals surface area contributed by atoms with Crippen molar-refractivity contribution in [2.75, 3.05) is 0 Å². The maximum Gasteiger partial charge on any atom is 0.242 e. The molecule has 30 heavy (non-hydrogen) atoms. The fourth-order valence-corrected chi connectivity index (χ4v) is 4.95. The van der Waals surface area contributed by atoms with Crippen molar-refractivity contribution in [2.24, 2.45) is 10.2 Å². The molecule has 6 heteroatoms. The minimum absolute atomic E-state index is 0.0911. The van der Waals surface area contributed by atoms with Crippen LogP contribution in [-0.4, -0.2) is 27.4 Å². The molecule has 1 aliphatic heterocycles. The number of amides is 1. The first-order chi connectivity index (χ1) is 14.7. The Balaban J connectivity index is 1.62. The first-order valence-electron chi connectivity index (χ1n) is 9.97. The first kappa shape index (κ1) is 20.8. The van der Waals surface area contributed by atoms with Crippen LogP contribution >= 0.6 is 27.7 Å². The van der Waals surface area contributed by atoms with Crippen LogP contribution in [0.25, 0.3) is 10.8 Å². The minimum Gasteiger partial charge on any atom is -0.284 e. The Hall–Kier alpha value is -2.44. The first-order valence-corrected chi connectivity index (χ1v) is 11.6. The highest BCUT2D eigenvalue weighted by atomic mass is 79.9. The number of hydrogen-bond acceptors (Lipinski definition) is 4. The van der Waals surface area contributed by atoms with Gasteiger partial charge in [0.1, 0.15) is 0 Å². The van der Waals surface area contributed by atoms with Crippen LogP contribution in [0.1, 0.15) is 30.9 Å². The Labute approximate surface area is 189 Å². The van der Waals surface area contributed by atoms with Crippen molar-refractivity contribution in [1.29, 1.82) is 0 Å². The third-order valence-electron chi connectivity index (χ3n) is 5.00. The number of thioether (sulfide) groups is 1. The molecule has 1 unspecified atom stereocenters. The number of fused-ring (bicyclic) bond motifs is 1. The zero-order valence-corrected chi connectivity index (χ0v) is 19.1. The number of rotatable bonds is 6. The molecule has 4 nitrogen and oxygen atoms in total. The van der Waals surface area contributed by atoms with Crippen molar-refractivity contribution >= 4 is 55.8 Å². The number of carbonyl (C=O) groups is 1. The van der Waals surface area contributed by atoms with Crippen LogP contribution in [-0.2, 0) is 11.3 Å². The summed E-state index contributed by atoms with van der Waals surface area (Å²) in [4.78, 5) is 14.9. The van der Waals surface area contributed by atoms with Crippen LogP contribution in [0.2, 0.25) is 0 Å². The zero-order valence-electron chi connectivity index (χ0n) is 16.7. The van der Waals surface area contributed by atoms with Crippen LogP contribution in [0.15, 0.2) is 81.4 Å². The van der Waals surface area contributed by atoms with Gasteiger partial charge >= 0.3 is 0 Å². The van der Waals surface area contributed by atoms with Gasteiger partial charge in [0.2, 0.25) is 5.91 Å². The maximum atomic E-state index is 13.1. The average Bonchev–Trinajstić information content (AvgIpc) is 3.05. The van der Waals surface area contributed by atoms with Crippen LogP contribution in [0, 0.1) is 0 Å². The SMILES string of the molecule is CCCC1S/C(=N/N=C/c2ccc(Br)cc2)N(Cc2cccc3ccccc23)C1=O. The van der Waals surface area contributed by atoms with E-state index in [1.54, 1.807) is 11.1 Å². The topological polar surface area (TPSA) is 45.0 Å². The van der Waals surface area contributed by atoms with E-state index in [4.69, 9.17) is 0 Å². The van der Waals surface area contributed by atoms with Gasteiger partial charge < -0.3 is 0 Å². The highest BCUT2D eigenvalue weighted by Gasteiger charge is 2.37. The molecule has 0 aliphatic carbocycles. The lowest BCUT2D eigenvalue weighted by atomic mass is 10.0. The van der Waals surface area contributed by atoms with Crippen LogP contribution in [0.5, 0.6) is 0 Å². The molecule has 152 valence electrons. The van der Waals surface area contributed by atoms with Gasteiger partial charge in [0, 0.05) is 4.47 Å². The maximum absolute atomic E-state index is 13.1. The highest BCUT2D eigenvalue weighted by Crippen LogP contribution is 2.32. The summed E-state index contributed by atoms with van der Waals surface area (Å²) in [5.41, 5.74) is 2.08. The summed E-state index contributed by atoms with van der Waals surface area (Å²) < 4.78 is 1.02. The third kappa shape index (κ3) is 4.65. The molecule has 1 aliphatic rings. The van der Waals surface area contributed by atoms with Crippen molar-refractivity contribution < 1.29 is 4.79 Å². The second kappa shape index (κ2) is 9.58. The summed E-state index contributed by atoms with van der Waals surface area (Å²) in [5, 5.41) is 11.6. The largest absolute Gasteiger partial charge is 0.284 e. The number of amidine groups is 1. The van der Waals surface area contributed by atoms with Gasteiger partial charge in [0.15, 0.2) is 5.17 Å². The summed E-state index contributed by atoms with van der Waals surface area (Å²) in [6, 6.07) is 22.3. The molecule has 1 atom stereocenters. The molecule has 1 heterocycles. The van der Waals surface area contributed by atoms with Crippen molar-refractivity contribution in [3.05, 3.63) is 82.3 Å². The monoisotopic (exact) mass is 479 g/mol. The van der Waals surface area contributed by atoms with E-state index in [9.17, 15) is 4.79 Å². The summed E-state index contributed by atoms with van der Waals surface area (Å²) in [6.45, 7) is 2.60. The van der Waals surface area contributed by atoms with Crippen molar-refractivity contribution in [1.82, 2.24) is 4.90 Å². The van der Waals surface area contributed by atoms with Gasteiger partial charge in [-0.2, -0.15) is 5.10 Å². The quantitative estimate of drug-likeness (QED) is 0.310. The minimum atomic E-state index is -0.0911. The molecule has 1 fully saturated rings. The summed E-state index contributed by atoms with van der Waals surface area (Å²) in [7, 11) is 0. The van der Waals surface area contributed by atoms with Gasteiger partial charge in [0.05, 0.1) is 18.0 Å².